The summed E-state index contributed by atoms with van der Waals surface area (Å²) >= 11 is 0. The summed E-state index contributed by atoms with van der Waals surface area (Å²) in [6.07, 6.45) is 22.2. The first-order valence-corrected chi connectivity index (χ1v) is 15.4. The first-order chi connectivity index (χ1) is 16.9. The van der Waals surface area contributed by atoms with Crippen LogP contribution in [0.15, 0.2) is 42.5 Å². The molecule has 7 heteroatoms. The molecule has 0 aliphatic carbocycles. The zero-order chi connectivity index (χ0) is 25.6. The van der Waals surface area contributed by atoms with Crippen LogP contribution >= 0.6 is 8.17 Å². The van der Waals surface area contributed by atoms with E-state index in [9.17, 15) is 4.79 Å². The Morgan fingerprint density at radius 3 is 2.06 bits per heavy atom. The molecule has 0 bridgehead atoms. The molecule has 1 rings (SSSR count). The Labute approximate surface area is 213 Å². The van der Waals surface area contributed by atoms with Gasteiger partial charge in [0, 0.05) is 0 Å². The Kier molecular flexibility index (Phi) is 18.9. The van der Waals surface area contributed by atoms with Crippen LogP contribution in [0.2, 0.25) is 0 Å². The molecular formula is C28H50NO5P. The number of amides is 1. The fraction of sp³-hybridized carbons (Fsp3) is 0.679. The van der Waals surface area contributed by atoms with Crippen LogP contribution in [0.3, 0.4) is 0 Å². The average molecular weight is 512 g/mol. The van der Waals surface area contributed by atoms with Gasteiger partial charge in [-0.1, -0.05) is 51.2 Å². The third kappa shape index (κ3) is 20.6. The standard InChI is InChI=1S/C28H50NO5P/c1-2-3-4-5-6-7-8-9-10-11-12-13-14-15-19-22-28(30)29-27(25-34-35(31,32)33)24-23-26-20-17-16-18-21-26/h9-10,16-18,20-21,27,31-33,35H,2-8,11-15,19,22-25H2,1H3,(H,29,30)/b10-9-/t27-/m0/s1. The van der Waals surface area contributed by atoms with Crippen LogP contribution in [0.4, 0.5) is 0 Å². The van der Waals surface area contributed by atoms with E-state index in [1.54, 1.807) is 0 Å². The van der Waals surface area contributed by atoms with E-state index >= 15 is 0 Å². The van der Waals surface area contributed by atoms with Crippen LogP contribution in [0.25, 0.3) is 0 Å². The molecule has 4 N–H and O–H groups in total. The van der Waals surface area contributed by atoms with E-state index in [4.69, 9.17) is 19.2 Å². The van der Waals surface area contributed by atoms with Gasteiger partial charge >= 0.3 is 150 Å². The molecule has 0 spiro atoms. The van der Waals surface area contributed by atoms with E-state index in [1.165, 1.54) is 57.8 Å². The van der Waals surface area contributed by atoms with Crippen molar-refractivity contribution in [3.05, 3.63) is 48.0 Å². The van der Waals surface area contributed by atoms with Crippen LogP contribution in [0.1, 0.15) is 109 Å². The van der Waals surface area contributed by atoms with Crippen LogP contribution in [0, 0.1) is 0 Å². The molecule has 0 unspecified atom stereocenters. The number of hydrogen-bond acceptors (Lipinski definition) is 5. The van der Waals surface area contributed by atoms with Gasteiger partial charge in [0.1, 0.15) is 0 Å². The molecule has 0 aromatic heterocycles. The molecule has 1 amide bonds. The SMILES string of the molecule is CCCCCCCC/C=C\CCCCCCCC(=O)N[C@@H](CCc1ccccc1)CO[PH](O)(O)O. The van der Waals surface area contributed by atoms with Gasteiger partial charge in [0.2, 0.25) is 0 Å². The second-order valence-corrected chi connectivity index (χ2v) is 10.9. The molecule has 1 atom stereocenters. The summed E-state index contributed by atoms with van der Waals surface area (Å²) in [5.41, 5.74) is 1.13. The van der Waals surface area contributed by atoms with E-state index in [0.29, 0.717) is 12.8 Å². The van der Waals surface area contributed by atoms with E-state index in [1.807, 2.05) is 30.3 Å². The Hall–Kier alpha value is -1.30. The monoisotopic (exact) mass is 511 g/mol. The third-order valence-electron chi connectivity index (χ3n) is 6.13. The fourth-order valence-electron chi connectivity index (χ4n) is 4.05. The van der Waals surface area contributed by atoms with Crippen molar-refractivity contribution in [3.63, 3.8) is 0 Å². The molecule has 35 heavy (non-hydrogen) atoms. The second kappa shape index (κ2) is 20.8. The third-order valence-corrected chi connectivity index (χ3v) is 6.69. The van der Waals surface area contributed by atoms with Gasteiger partial charge in [0.15, 0.2) is 0 Å². The molecule has 0 saturated carbocycles. The van der Waals surface area contributed by atoms with Crippen LogP contribution in [-0.4, -0.2) is 33.2 Å². The summed E-state index contributed by atoms with van der Waals surface area (Å²) in [6.45, 7) is 2.13. The summed E-state index contributed by atoms with van der Waals surface area (Å²) in [5.74, 6) is -0.0645. The minimum absolute atomic E-state index is 0.0645. The zero-order valence-electron chi connectivity index (χ0n) is 21.8. The predicted octanol–water partition coefficient (Wildman–Crippen LogP) is 6.54. The van der Waals surface area contributed by atoms with Crippen molar-refractivity contribution < 1.29 is 24.0 Å². The van der Waals surface area contributed by atoms with Crippen molar-refractivity contribution in [1.82, 2.24) is 5.32 Å². The van der Waals surface area contributed by atoms with Crippen LogP contribution in [0.5, 0.6) is 0 Å². The van der Waals surface area contributed by atoms with Crippen molar-refractivity contribution in [2.45, 2.75) is 116 Å². The molecule has 0 fully saturated rings. The zero-order valence-corrected chi connectivity index (χ0v) is 22.8. The Morgan fingerprint density at radius 2 is 1.46 bits per heavy atom. The van der Waals surface area contributed by atoms with Crippen molar-refractivity contribution >= 4 is 14.1 Å². The fourth-order valence-corrected chi connectivity index (χ4v) is 4.48. The van der Waals surface area contributed by atoms with Gasteiger partial charge in [-0.25, -0.2) is 0 Å². The number of benzene rings is 1. The minimum atomic E-state index is -4.60. The number of carbonyl (C=O) groups excluding carboxylic acids is 1. The molecule has 1 aromatic carbocycles. The second-order valence-electron chi connectivity index (χ2n) is 9.51. The topological polar surface area (TPSA) is 99.0 Å². The quantitative estimate of drug-likeness (QED) is 0.0804. The summed E-state index contributed by atoms with van der Waals surface area (Å²) in [6, 6.07) is 9.49. The summed E-state index contributed by atoms with van der Waals surface area (Å²) in [7, 11) is -4.60. The number of hydrogen-bond donors (Lipinski definition) is 4. The van der Waals surface area contributed by atoms with Crippen molar-refractivity contribution in [3.8, 4) is 0 Å². The number of allylic oxidation sites excluding steroid dienone is 2. The van der Waals surface area contributed by atoms with Gasteiger partial charge in [-0.2, -0.15) is 0 Å². The van der Waals surface area contributed by atoms with Gasteiger partial charge in [0.25, 0.3) is 0 Å². The molecule has 0 radical (unpaired) electrons. The molecule has 0 aliphatic heterocycles. The van der Waals surface area contributed by atoms with E-state index < -0.39 is 8.17 Å². The number of nitrogens with one attached hydrogen (secondary N) is 1. The number of rotatable bonds is 22. The summed E-state index contributed by atoms with van der Waals surface area (Å²) in [5, 5.41) is 2.93. The van der Waals surface area contributed by atoms with E-state index in [0.717, 1.165) is 37.7 Å². The molecule has 0 saturated heterocycles. The maximum atomic E-state index is 12.4. The predicted molar refractivity (Wildman–Crippen MR) is 147 cm³/mol. The Balaban J connectivity index is 2.11. The van der Waals surface area contributed by atoms with E-state index in [2.05, 4.69) is 24.4 Å². The Morgan fingerprint density at radius 1 is 0.886 bits per heavy atom. The van der Waals surface area contributed by atoms with Crippen LogP contribution in [-0.2, 0) is 15.7 Å². The van der Waals surface area contributed by atoms with Gasteiger partial charge in [-0.15, -0.1) is 0 Å². The maximum absolute atomic E-state index is 12.4. The Bertz CT molecular complexity index is 663. The van der Waals surface area contributed by atoms with Crippen molar-refractivity contribution in [2.24, 2.45) is 0 Å². The molecule has 1 aromatic rings. The average Bonchev–Trinajstić information content (AvgIpc) is 2.83. The first-order valence-electron chi connectivity index (χ1n) is 13.7. The number of aryl methyl sites for hydroxylation is 1. The number of carbonyl (C=O) groups is 1. The van der Waals surface area contributed by atoms with Crippen molar-refractivity contribution in [1.29, 1.82) is 0 Å². The molecular weight excluding hydrogens is 461 g/mol. The van der Waals surface area contributed by atoms with Crippen molar-refractivity contribution in [2.75, 3.05) is 6.61 Å². The van der Waals surface area contributed by atoms with Gasteiger partial charge < -0.3 is 0 Å². The molecule has 6 nitrogen and oxygen atoms in total. The molecule has 0 aliphatic rings. The molecule has 0 heterocycles. The van der Waals surface area contributed by atoms with Gasteiger partial charge in [-0.05, 0) is 12.8 Å². The summed E-state index contributed by atoms with van der Waals surface area (Å²) in [4.78, 5) is 39.8. The van der Waals surface area contributed by atoms with E-state index in [-0.39, 0.29) is 18.6 Å². The normalized spacial score (nSPS) is 13.3. The molecule has 202 valence electrons. The van der Waals surface area contributed by atoms with Gasteiger partial charge in [-0.3, -0.25) is 0 Å². The number of unbranched alkanes of at least 4 members (excludes halogenated alkanes) is 11. The van der Waals surface area contributed by atoms with Crippen LogP contribution < -0.4 is 5.32 Å². The van der Waals surface area contributed by atoms with Gasteiger partial charge in [0.05, 0.1) is 0 Å². The summed E-state index contributed by atoms with van der Waals surface area (Å²) < 4.78 is 4.80. The first kappa shape index (κ1) is 31.7.